The molecule has 1 rings (SSSR count). The zero-order chi connectivity index (χ0) is 16.4. The molecule has 0 aliphatic heterocycles. The van der Waals surface area contributed by atoms with Crippen molar-refractivity contribution in [1.82, 2.24) is 0 Å². The van der Waals surface area contributed by atoms with Gasteiger partial charge in [-0.25, -0.2) is 4.79 Å². The normalized spacial score (nSPS) is 24.2. The molecule has 4 nitrogen and oxygen atoms in total. The monoisotopic (exact) mass is 296 g/mol. The Balaban J connectivity index is 2.57. The van der Waals surface area contributed by atoms with Crippen molar-refractivity contribution in [2.45, 2.75) is 54.6 Å². The molecule has 1 saturated carbocycles. The first-order valence-corrected chi connectivity index (χ1v) is 7.56. The third-order valence-corrected chi connectivity index (χ3v) is 4.19. The van der Waals surface area contributed by atoms with Gasteiger partial charge in [0.1, 0.15) is 0 Å². The van der Waals surface area contributed by atoms with Crippen LogP contribution in [0.15, 0.2) is 11.6 Å². The highest BCUT2D eigenvalue weighted by Crippen LogP contribution is 2.59. The van der Waals surface area contributed by atoms with Gasteiger partial charge in [0, 0.05) is 18.8 Å². The van der Waals surface area contributed by atoms with Crippen LogP contribution in [0.2, 0.25) is 0 Å². The molecule has 120 valence electrons. The zero-order valence-electron chi connectivity index (χ0n) is 14.2. The van der Waals surface area contributed by atoms with Crippen molar-refractivity contribution >= 4 is 11.9 Å². The van der Waals surface area contributed by atoms with E-state index in [0.29, 0.717) is 18.4 Å². The molecule has 0 saturated heterocycles. The van der Waals surface area contributed by atoms with E-state index in [4.69, 9.17) is 9.47 Å². The van der Waals surface area contributed by atoms with E-state index in [1.807, 2.05) is 13.8 Å². The maximum absolute atomic E-state index is 12.1. The van der Waals surface area contributed by atoms with Crippen LogP contribution in [0.3, 0.4) is 0 Å². The summed E-state index contributed by atoms with van der Waals surface area (Å²) in [5.74, 6) is -0.219. The van der Waals surface area contributed by atoms with E-state index in [1.54, 1.807) is 0 Å². The van der Waals surface area contributed by atoms with Gasteiger partial charge >= 0.3 is 11.9 Å². The van der Waals surface area contributed by atoms with Gasteiger partial charge in [-0.3, -0.25) is 4.79 Å². The maximum atomic E-state index is 12.1. The standard InChI is InChI=1S/C17H28O4/c1-10(2)8-13-14(17(13,6)7)9-20-16(19)15(11(3)4)21-12(5)18/h8,11,13-15H,9H2,1-7H3/t13-,14?,15-/m1/s1. The van der Waals surface area contributed by atoms with Crippen molar-refractivity contribution in [3.63, 3.8) is 0 Å². The summed E-state index contributed by atoms with van der Waals surface area (Å²) in [6.45, 7) is 13.9. The molecule has 0 bridgehead atoms. The number of esters is 2. The number of allylic oxidation sites excluding steroid dienone is 2. The Kier molecular flexibility index (Phi) is 5.60. The molecule has 0 heterocycles. The SMILES string of the molecule is CC(=O)O[C@@H](C(=O)OCC1[C@@H](C=C(C)C)C1(C)C)C(C)C. The topological polar surface area (TPSA) is 52.6 Å². The lowest BCUT2D eigenvalue weighted by Gasteiger charge is -2.19. The molecule has 0 N–H and O–H groups in total. The molecule has 1 aliphatic rings. The van der Waals surface area contributed by atoms with Crippen LogP contribution < -0.4 is 0 Å². The van der Waals surface area contributed by atoms with Crippen LogP contribution in [0.5, 0.6) is 0 Å². The Morgan fingerprint density at radius 2 is 1.76 bits per heavy atom. The predicted molar refractivity (Wildman–Crippen MR) is 81.5 cm³/mol. The third-order valence-electron chi connectivity index (χ3n) is 4.19. The summed E-state index contributed by atoms with van der Waals surface area (Å²) in [7, 11) is 0. The molecule has 1 unspecified atom stereocenters. The highest BCUT2D eigenvalue weighted by molar-refractivity contribution is 5.78. The van der Waals surface area contributed by atoms with Crippen LogP contribution in [0, 0.1) is 23.2 Å². The first-order chi connectivity index (χ1) is 9.57. The smallest absolute Gasteiger partial charge is 0.347 e. The lowest BCUT2D eigenvalue weighted by molar-refractivity contribution is -0.170. The lowest BCUT2D eigenvalue weighted by Crippen LogP contribution is -2.33. The molecule has 21 heavy (non-hydrogen) atoms. The number of ether oxygens (including phenoxy) is 2. The van der Waals surface area contributed by atoms with E-state index in [-0.39, 0.29) is 11.3 Å². The Bertz CT molecular complexity index is 430. The summed E-state index contributed by atoms with van der Waals surface area (Å²) < 4.78 is 10.4. The van der Waals surface area contributed by atoms with Crippen LogP contribution in [0.1, 0.15) is 48.5 Å². The number of carbonyl (C=O) groups is 2. The van der Waals surface area contributed by atoms with Gasteiger partial charge < -0.3 is 9.47 Å². The average molecular weight is 296 g/mol. The van der Waals surface area contributed by atoms with E-state index < -0.39 is 18.0 Å². The van der Waals surface area contributed by atoms with Crippen LogP contribution in [-0.4, -0.2) is 24.6 Å². The average Bonchev–Trinajstić information content (AvgIpc) is 2.82. The molecule has 0 amide bonds. The van der Waals surface area contributed by atoms with Crippen LogP contribution in [0.4, 0.5) is 0 Å². The van der Waals surface area contributed by atoms with Crippen molar-refractivity contribution in [2.24, 2.45) is 23.2 Å². The quantitative estimate of drug-likeness (QED) is 0.557. The van der Waals surface area contributed by atoms with Gasteiger partial charge in [0.15, 0.2) is 0 Å². The Labute approximate surface area is 127 Å². The number of carbonyl (C=O) groups excluding carboxylic acids is 2. The fraction of sp³-hybridized carbons (Fsp3) is 0.765. The van der Waals surface area contributed by atoms with Gasteiger partial charge in [0.05, 0.1) is 6.61 Å². The van der Waals surface area contributed by atoms with Crippen molar-refractivity contribution in [1.29, 1.82) is 0 Å². The molecule has 1 aliphatic carbocycles. The van der Waals surface area contributed by atoms with Crippen LogP contribution in [0.25, 0.3) is 0 Å². The maximum Gasteiger partial charge on any atom is 0.347 e. The summed E-state index contributed by atoms with van der Waals surface area (Å²) in [6, 6.07) is 0. The number of hydrogen-bond acceptors (Lipinski definition) is 4. The molecule has 0 aromatic carbocycles. The van der Waals surface area contributed by atoms with E-state index in [0.717, 1.165) is 0 Å². The first kappa shape index (κ1) is 17.7. The zero-order valence-corrected chi connectivity index (χ0v) is 14.2. The molecule has 3 atom stereocenters. The number of rotatable bonds is 6. The second kappa shape index (κ2) is 6.63. The van der Waals surface area contributed by atoms with Gasteiger partial charge in [-0.05, 0) is 25.2 Å². The van der Waals surface area contributed by atoms with E-state index in [2.05, 4.69) is 33.8 Å². The summed E-state index contributed by atoms with van der Waals surface area (Å²) >= 11 is 0. The molecular formula is C17H28O4. The van der Waals surface area contributed by atoms with Crippen LogP contribution >= 0.6 is 0 Å². The fourth-order valence-corrected chi connectivity index (χ4v) is 2.68. The van der Waals surface area contributed by atoms with Gasteiger partial charge in [-0.1, -0.05) is 39.3 Å². The fourth-order valence-electron chi connectivity index (χ4n) is 2.68. The first-order valence-electron chi connectivity index (χ1n) is 7.56. The van der Waals surface area contributed by atoms with Crippen molar-refractivity contribution < 1.29 is 19.1 Å². The van der Waals surface area contributed by atoms with Crippen molar-refractivity contribution in [3.05, 3.63) is 11.6 Å². The molecule has 0 spiro atoms. The summed E-state index contributed by atoms with van der Waals surface area (Å²) in [6.07, 6.45) is 1.43. The Morgan fingerprint density at radius 1 is 1.19 bits per heavy atom. The Hall–Kier alpha value is -1.32. The minimum absolute atomic E-state index is 0.0952. The third kappa shape index (κ3) is 4.58. The largest absolute Gasteiger partial charge is 0.463 e. The Morgan fingerprint density at radius 3 is 2.19 bits per heavy atom. The molecule has 0 aromatic rings. The second-order valence-electron chi connectivity index (χ2n) is 7.10. The highest BCUT2D eigenvalue weighted by Gasteiger charge is 2.56. The molecule has 1 fully saturated rings. The minimum Gasteiger partial charge on any atom is -0.463 e. The molecule has 4 heteroatoms. The van der Waals surface area contributed by atoms with Gasteiger partial charge in [0.25, 0.3) is 0 Å². The number of hydrogen-bond donors (Lipinski definition) is 0. The van der Waals surface area contributed by atoms with Gasteiger partial charge in [-0.15, -0.1) is 0 Å². The van der Waals surface area contributed by atoms with E-state index in [1.165, 1.54) is 12.5 Å². The molecule has 0 aromatic heterocycles. The minimum atomic E-state index is -0.814. The van der Waals surface area contributed by atoms with E-state index in [9.17, 15) is 9.59 Å². The van der Waals surface area contributed by atoms with Crippen molar-refractivity contribution in [3.8, 4) is 0 Å². The summed E-state index contributed by atoms with van der Waals surface area (Å²) in [4.78, 5) is 23.1. The highest BCUT2D eigenvalue weighted by atomic mass is 16.6. The van der Waals surface area contributed by atoms with Gasteiger partial charge in [0.2, 0.25) is 6.10 Å². The second-order valence-corrected chi connectivity index (χ2v) is 7.10. The molecular weight excluding hydrogens is 268 g/mol. The summed E-state index contributed by atoms with van der Waals surface area (Å²) in [5.41, 5.74) is 1.44. The molecule has 0 radical (unpaired) electrons. The van der Waals surface area contributed by atoms with Gasteiger partial charge in [-0.2, -0.15) is 0 Å². The van der Waals surface area contributed by atoms with Crippen molar-refractivity contribution in [2.75, 3.05) is 6.61 Å². The predicted octanol–water partition coefficient (Wildman–Crippen LogP) is 3.36. The lowest BCUT2D eigenvalue weighted by atomic mass is 10.1. The summed E-state index contributed by atoms with van der Waals surface area (Å²) in [5, 5.41) is 0. The van der Waals surface area contributed by atoms with E-state index >= 15 is 0 Å². The van der Waals surface area contributed by atoms with Crippen LogP contribution in [-0.2, 0) is 19.1 Å².